The maximum Gasteiger partial charge on any atom is 0.676 e. The smallest absolute Gasteiger partial charge is 0.631 e. The van der Waals surface area contributed by atoms with Gasteiger partial charge in [-0.2, -0.15) is 0 Å². The van der Waals surface area contributed by atoms with E-state index in [9.17, 15) is 0 Å². The average Bonchev–Trinajstić information content (AvgIpc) is 2.16. The van der Waals surface area contributed by atoms with Crippen LogP contribution in [0.5, 0.6) is 5.75 Å². The second kappa shape index (κ2) is 5.98. The molecule has 1 aromatic rings. The van der Waals surface area contributed by atoms with Gasteiger partial charge in [0, 0.05) is 4.47 Å². The minimum Gasteiger partial charge on any atom is -0.631 e. The van der Waals surface area contributed by atoms with Gasteiger partial charge in [-0.1, -0.05) is 63.3 Å². The number of halogens is 2. The highest BCUT2D eigenvalue weighted by molar-refractivity contribution is 9.10. The molecule has 0 fully saturated rings. The first-order valence-corrected chi connectivity index (χ1v) is 10.7. The molecule has 0 unspecified atom stereocenters. The van der Waals surface area contributed by atoms with Crippen LogP contribution in [0.1, 0.15) is 52.7 Å². The first kappa shape index (κ1) is 17.4. The van der Waals surface area contributed by atoms with Crippen molar-refractivity contribution in [1.29, 1.82) is 0 Å². The lowest BCUT2D eigenvalue weighted by molar-refractivity contribution is 0.492. The monoisotopic (exact) mass is 360 g/mol. The molecule has 0 aliphatic carbocycles. The molecule has 0 aliphatic rings. The number of hydrogen-bond acceptors (Lipinski definition) is 1. The van der Waals surface area contributed by atoms with Gasteiger partial charge in [0.25, 0.3) is 0 Å². The summed E-state index contributed by atoms with van der Waals surface area (Å²) in [5, 5.41) is 0. The van der Waals surface area contributed by atoms with Crippen molar-refractivity contribution < 1.29 is 3.79 Å². The third-order valence-corrected chi connectivity index (χ3v) is 4.24. The van der Waals surface area contributed by atoms with Crippen LogP contribution in [-0.2, 0) is 10.8 Å². The van der Waals surface area contributed by atoms with E-state index in [-0.39, 0.29) is 10.8 Å². The minimum atomic E-state index is -1.66. The van der Waals surface area contributed by atoms with E-state index in [1.54, 1.807) is 0 Å². The van der Waals surface area contributed by atoms with Crippen LogP contribution in [-0.4, -0.2) is 13.6 Å². The normalized spacial score (nSPS) is 12.5. The second-order valence-electron chi connectivity index (χ2n) is 6.99. The molecule has 1 aromatic carbocycles. The Labute approximate surface area is 134 Å². The zero-order chi connectivity index (χ0) is 15.0. The van der Waals surface area contributed by atoms with Gasteiger partial charge in [-0.3, -0.25) is 0 Å². The molecule has 0 bridgehead atoms. The highest BCUT2D eigenvalue weighted by Gasteiger charge is 2.29. The largest absolute Gasteiger partial charge is 0.676 e. The van der Waals surface area contributed by atoms with E-state index in [4.69, 9.17) is 13.8 Å². The SMILES string of the molecule is [CH3][Al]([Cl])[O]c1c(C(C)(C)C)cc(Br)cc1C(C)(C)C. The second-order valence-corrected chi connectivity index (χ2v) is 11.1. The van der Waals surface area contributed by atoms with Crippen LogP contribution in [0.15, 0.2) is 16.6 Å². The minimum absolute atomic E-state index is 0.0271. The van der Waals surface area contributed by atoms with Crippen molar-refractivity contribution in [3.05, 3.63) is 27.7 Å². The molecule has 19 heavy (non-hydrogen) atoms. The zero-order valence-electron chi connectivity index (χ0n) is 12.9. The van der Waals surface area contributed by atoms with E-state index in [1.807, 2.05) is 5.79 Å². The summed E-state index contributed by atoms with van der Waals surface area (Å²) >= 11 is 1.97. The summed E-state index contributed by atoms with van der Waals surface area (Å²) in [6.45, 7) is 13.2. The highest BCUT2D eigenvalue weighted by atomic mass is 79.9. The summed E-state index contributed by atoms with van der Waals surface area (Å²) < 4.78 is 7.16. The lowest BCUT2D eigenvalue weighted by Crippen LogP contribution is -2.22. The van der Waals surface area contributed by atoms with Crippen molar-refractivity contribution >= 4 is 39.5 Å². The molecule has 0 saturated heterocycles. The number of hydrogen-bond donors (Lipinski definition) is 0. The maximum atomic E-state index is 6.20. The van der Waals surface area contributed by atoms with Gasteiger partial charge in [-0.15, -0.1) is 0 Å². The average molecular weight is 362 g/mol. The van der Waals surface area contributed by atoms with E-state index in [1.165, 1.54) is 11.1 Å². The Kier molecular flexibility index (Phi) is 5.47. The molecule has 0 aliphatic heterocycles. The molecule has 1 nitrogen and oxygen atoms in total. The fourth-order valence-corrected chi connectivity index (χ4v) is 3.30. The van der Waals surface area contributed by atoms with Crippen LogP contribution in [0, 0.1) is 0 Å². The van der Waals surface area contributed by atoms with Crippen molar-refractivity contribution in [2.45, 2.75) is 58.2 Å². The quantitative estimate of drug-likeness (QED) is 0.607. The van der Waals surface area contributed by atoms with E-state index in [0.717, 1.165) is 10.2 Å². The molecule has 0 N–H and O–H groups in total. The molecule has 0 spiro atoms. The molecule has 0 amide bonds. The van der Waals surface area contributed by atoms with Crippen molar-refractivity contribution in [1.82, 2.24) is 0 Å². The first-order valence-electron chi connectivity index (χ1n) is 6.58. The number of benzene rings is 1. The van der Waals surface area contributed by atoms with Crippen molar-refractivity contribution in [3.63, 3.8) is 0 Å². The molecular weight excluding hydrogens is 339 g/mol. The van der Waals surface area contributed by atoms with Crippen LogP contribution in [0.3, 0.4) is 0 Å². The Balaban J connectivity index is 3.58. The van der Waals surface area contributed by atoms with Gasteiger partial charge in [0.05, 0.1) is 5.75 Å². The Morgan fingerprint density at radius 2 is 1.37 bits per heavy atom. The van der Waals surface area contributed by atoms with Crippen LogP contribution < -0.4 is 3.79 Å². The summed E-state index contributed by atoms with van der Waals surface area (Å²) in [6, 6.07) is 4.30. The van der Waals surface area contributed by atoms with Gasteiger partial charge < -0.3 is 3.79 Å². The first-order chi connectivity index (χ1) is 8.43. The van der Waals surface area contributed by atoms with E-state index >= 15 is 0 Å². The van der Waals surface area contributed by atoms with Crippen molar-refractivity contribution in [3.8, 4) is 5.75 Å². The molecule has 0 radical (unpaired) electrons. The third-order valence-electron chi connectivity index (χ3n) is 2.95. The maximum absolute atomic E-state index is 6.20. The molecule has 106 valence electrons. The Bertz CT molecular complexity index is 423. The van der Waals surface area contributed by atoms with Gasteiger partial charge in [-0.05, 0) is 34.1 Å². The van der Waals surface area contributed by atoms with E-state index in [2.05, 4.69) is 69.6 Å². The summed E-state index contributed by atoms with van der Waals surface area (Å²) in [6.07, 6.45) is 0. The summed E-state index contributed by atoms with van der Waals surface area (Å²) in [7, 11) is 6.20. The zero-order valence-corrected chi connectivity index (χ0v) is 16.4. The molecule has 0 saturated carbocycles. The molecule has 4 heteroatoms. The lowest BCUT2D eigenvalue weighted by Gasteiger charge is -2.31. The highest BCUT2D eigenvalue weighted by Crippen LogP contribution is 2.42. The van der Waals surface area contributed by atoms with Crippen LogP contribution in [0.4, 0.5) is 0 Å². The molecule has 0 aromatic heterocycles. The molecule has 1 rings (SSSR count). The van der Waals surface area contributed by atoms with Gasteiger partial charge >= 0.3 is 13.6 Å². The lowest BCUT2D eigenvalue weighted by atomic mass is 9.79. The standard InChI is InChI=1S/C14H21BrO.CH3.Al.ClH/c1-13(2,3)10-7-9(15)8-11(12(10)16)14(4,5)6;;;/h7-8,16H,1-6H3;1H3;;1H/q;;+2;/p-2. The predicted molar refractivity (Wildman–Crippen MR) is 89.6 cm³/mol. The fraction of sp³-hybridized carbons (Fsp3) is 0.600. The fourth-order valence-electron chi connectivity index (χ4n) is 2.00. The van der Waals surface area contributed by atoms with Crippen LogP contribution in [0.25, 0.3) is 0 Å². The van der Waals surface area contributed by atoms with Gasteiger partial charge in [0.2, 0.25) is 0 Å². The Morgan fingerprint density at radius 1 is 1.00 bits per heavy atom. The Morgan fingerprint density at radius 3 is 1.63 bits per heavy atom. The summed E-state index contributed by atoms with van der Waals surface area (Å²) in [4.78, 5) is 0. The molecule has 0 heterocycles. The Hall–Kier alpha value is 0.322. The topological polar surface area (TPSA) is 9.23 Å². The van der Waals surface area contributed by atoms with Gasteiger partial charge in [0.15, 0.2) is 0 Å². The van der Waals surface area contributed by atoms with Crippen molar-refractivity contribution in [2.75, 3.05) is 0 Å². The van der Waals surface area contributed by atoms with Gasteiger partial charge in [0.1, 0.15) is 0 Å². The summed E-state index contributed by atoms with van der Waals surface area (Å²) in [5.41, 5.74) is 2.48. The van der Waals surface area contributed by atoms with Crippen LogP contribution >= 0.6 is 26.0 Å². The molecule has 0 atom stereocenters. The van der Waals surface area contributed by atoms with Crippen LogP contribution in [0.2, 0.25) is 5.79 Å². The van der Waals surface area contributed by atoms with Gasteiger partial charge in [-0.25, -0.2) is 10.0 Å². The van der Waals surface area contributed by atoms with E-state index < -0.39 is 13.6 Å². The van der Waals surface area contributed by atoms with Crippen molar-refractivity contribution in [2.24, 2.45) is 0 Å². The number of rotatable bonds is 2. The molecular formula is C15H23AlBrClO. The summed E-state index contributed by atoms with van der Waals surface area (Å²) in [5.74, 6) is 2.97. The van der Waals surface area contributed by atoms with E-state index in [0.29, 0.717) is 0 Å². The predicted octanol–water partition coefficient (Wildman–Crippen LogP) is 5.78. The third kappa shape index (κ3) is 4.67.